The molecular formula is C23H26ClFN4O. The number of nitrogens with zero attached hydrogens (tertiary/aromatic N) is 2. The molecule has 0 unspecified atom stereocenters. The molecule has 2 N–H and O–H groups in total. The zero-order chi connectivity index (χ0) is 20.1. The standard InChI is InChI=1S/C23H25FN4O.ClH/c24-20-14-17(8-9-22(20)28-12-3-1-2-4-13-28)15-26-23(29)27-21-7-5-6-18-16-25-11-10-19(18)21;/h5-11,14,16H,1-4,12-13,15H2,(H2,26,27,29);1H. The Morgan fingerprint density at radius 2 is 1.87 bits per heavy atom. The number of carbonyl (C=O) groups is 1. The molecule has 0 aliphatic carbocycles. The summed E-state index contributed by atoms with van der Waals surface area (Å²) < 4.78 is 14.6. The maximum atomic E-state index is 14.6. The second kappa shape index (κ2) is 10.3. The summed E-state index contributed by atoms with van der Waals surface area (Å²) in [4.78, 5) is 18.5. The second-order valence-corrected chi connectivity index (χ2v) is 7.40. The summed E-state index contributed by atoms with van der Waals surface area (Å²) in [5.74, 6) is -0.229. The number of aromatic nitrogens is 1. The third-order valence-corrected chi connectivity index (χ3v) is 5.34. The van der Waals surface area contributed by atoms with Crippen molar-refractivity contribution in [1.29, 1.82) is 0 Å². The van der Waals surface area contributed by atoms with Gasteiger partial charge in [0.15, 0.2) is 0 Å². The molecule has 3 aromatic rings. The van der Waals surface area contributed by atoms with E-state index in [0.717, 1.165) is 42.3 Å². The van der Waals surface area contributed by atoms with Gasteiger partial charge in [-0.25, -0.2) is 9.18 Å². The van der Waals surface area contributed by atoms with Crippen molar-refractivity contribution in [3.63, 3.8) is 0 Å². The van der Waals surface area contributed by atoms with Gasteiger partial charge in [-0.1, -0.05) is 31.0 Å². The van der Waals surface area contributed by atoms with Crippen molar-refractivity contribution in [2.24, 2.45) is 0 Å². The Bertz CT molecular complexity index is 1000. The fraction of sp³-hybridized carbons (Fsp3) is 0.304. The van der Waals surface area contributed by atoms with Crippen molar-refractivity contribution >= 4 is 40.6 Å². The van der Waals surface area contributed by atoms with Gasteiger partial charge in [-0.15, -0.1) is 12.4 Å². The number of fused-ring (bicyclic) bond motifs is 1. The predicted octanol–water partition coefficient (Wildman–Crippen LogP) is 5.50. The molecule has 7 heteroatoms. The van der Waals surface area contributed by atoms with E-state index in [1.165, 1.54) is 18.9 Å². The lowest BCUT2D eigenvalue weighted by Gasteiger charge is -2.23. The Balaban J connectivity index is 0.00000256. The summed E-state index contributed by atoms with van der Waals surface area (Å²) in [5, 5.41) is 7.54. The Morgan fingerprint density at radius 1 is 1.07 bits per heavy atom. The summed E-state index contributed by atoms with van der Waals surface area (Å²) in [7, 11) is 0. The van der Waals surface area contributed by atoms with Gasteiger partial charge < -0.3 is 15.5 Å². The smallest absolute Gasteiger partial charge is 0.319 e. The minimum absolute atomic E-state index is 0. The van der Waals surface area contributed by atoms with Gasteiger partial charge in [-0.3, -0.25) is 4.98 Å². The van der Waals surface area contributed by atoms with E-state index in [1.54, 1.807) is 12.4 Å². The zero-order valence-corrected chi connectivity index (χ0v) is 17.6. The highest BCUT2D eigenvalue weighted by atomic mass is 35.5. The highest BCUT2D eigenvalue weighted by molar-refractivity contribution is 6.01. The molecule has 2 heterocycles. The number of rotatable bonds is 4. The fourth-order valence-electron chi connectivity index (χ4n) is 3.81. The molecule has 2 aromatic carbocycles. The molecule has 4 rings (SSSR count). The molecule has 2 amide bonds. The van der Waals surface area contributed by atoms with E-state index in [0.29, 0.717) is 11.4 Å². The zero-order valence-electron chi connectivity index (χ0n) is 16.7. The molecule has 1 fully saturated rings. The number of hydrogen-bond acceptors (Lipinski definition) is 3. The van der Waals surface area contributed by atoms with Crippen molar-refractivity contribution in [2.75, 3.05) is 23.3 Å². The van der Waals surface area contributed by atoms with Crippen molar-refractivity contribution in [2.45, 2.75) is 32.2 Å². The molecule has 0 atom stereocenters. The molecular weight excluding hydrogens is 403 g/mol. The van der Waals surface area contributed by atoms with E-state index in [2.05, 4.69) is 20.5 Å². The molecule has 1 aromatic heterocycles. The first-order chi connectivity index (χ1) is 14.2. The molecule has 158 valence electrons. The highest BCUT2D eigenvalue weighted by Gasteiger charge is 2.14. The number of anilines is 2. The monoisotopic (exact) mass is 428 g/mol. The summed E-state index contributed by atoms with van der Waals surface area (Å²) in [6.07, 6.45) is 8.08. The molecule has 0 bridgehead atoms. The Morgan fingerprint density at radius 3 is 2.63 bits per heavy atom. The topological polar surface area (TPSA) is 57.3 Å². The Labute approximate surface area is 182 Å². The number of amides is 2. The van der Waals surface area contributed by atoms with Crippen LogP contribution in [0.4, 0.5) is 20.6 Å². The van der Waals surface area contributed by atoms with Crippen molar-refractivity contribution in [3.8, 4) is 0 Å². The molecule has 30 heavy (non-hydrogen) atoms. The van der Waals surface area contributed by atoms with Crippen LogP contribution in [0.5, 0.6) is 0 Å². The summed E-state index contributed by atoms with van der Waals surface area (Å²) in [5.41, 5.74) is 2.10. The maximum Gasteiger partial charge on any atom is 0.319 e. The first-order valence-electron chi connectivity index (χ1n) is 10.1. The van der Waals surface area contributed by atoms with E-state index in [4.69, 9.17) is 0 Å². The van der Waals surface area contributed by atoms with Gasteiger partial charge in [0.1, 0.15) is 5.82 Å². The van der Waals surface area contributed by atoms with Gasteiger partial charge >= 0.3 is 6.03 Å². The van der Waals surface area contributed by atoms with Crippen LogP contribution in [0.3, 0.4) is 0 Å². The third kappa shape index (κ3) is 5.19. The van der Waals surface area contributed by atoms with Crippen molar-refractivity contribution in [1.82, 2.24) is 10.3 Å². The fourth-order valence-corrected chi connectivity index (χ4v) is 3.81. The van der Waals surface area contributed by atoms with E-state index in [-0.39, 0.29) is 30.8 Å². The van der Waals surface area contributed by atoms with Crippen LogP contribution in [0.1, 0.15) is 31.2 Å². The third-order valence-electron chi connectivity index (χ3n) is 5.34. The number of pyridine rings is 1. The van der Waals surface area contributed by atoms with E-state index in [1.807, 2.05) is 36.4 Å². The summed E-state index contributed by atoms with van der Waals surface area (Å²) in [6.45, 7) is 2.06. The van der Waals surface area contributed by atoms with Crippen molar-refractivity contribution < 1.29 is 9.18 Å². The molecule has 0 radical (unpaired) electrons. The van der Waals surface area contributed by atoms with Crippen LogP contribution in [-0.2, 0) is 6.54 Å². The molecule has 1 saturated heterocycles. The quantitative estimate of drug-likeness (QED) is 0.577. The van der Waals surface area contributed by atoms with Gasteiger partial charge in [0.2, 0.25) is 0 Å². The van der Waals surface area contributed by atoms with Crippen LogP contribution in [0.15, 0.2) is 54.9 Å². The number of urea groups is 1. The number of nitrogens with one attached hydrogen (secondary N) is 2. The number of carbonyl (C=O) groups excluding carboxylic acids is 1. The summed E-state index contributed by atoms with van der Waals surface area (Å²) >= 11 is 0. The van der Waals surface area contributed by atoms with Gasteiger partial charge in [0, 0.05) is 42.8 Å². The average Bonchev–Trinajstić information content (AvgIpc) is 3.02. The summed E-state index contributed by atoms with van der Waals surface area (Å²) in [6, 6.07) is 12.4. The lowest BCUT2D eigenvalue weighted by atomic mass is 10.1. The van der Waals surface area contributed by atoms with Crippen molar-refractivity contribution in [3.05, 3.63) is 66.2 Å². The first kappa shape index (κ1) is 21.8. The Kier molecular flexibility index (Phi) is 7.46. The molecule has 1 aliphatic heterocycles. The number of benzene rings is 2. The van der Waals surface area contributed by atoms with Gasteiger partial charge in [0.05, 0.1) is 11.4 Å². The van der Waals surface area contributed by atoms with Crippen LogP contribution in [-0.4, -0.2) is 24.1 Å². The minimum atomic E-state index is -0.327. The van der Waals surface area contributed by atoms with E-state index < -0.39 is 0 Å². The lowest BCUT2D eigenvalue weighted by Crippen LogP contribution is -2.28. The average molecular weight is 429 g/mol. The second-order valence-electron chi connectivity index (χ2n) is 7.40. The number of halogens is 2. The molecule has 0 saturated carbocycles. The maximum absolute atomic E-state index is 14.6. The normalized spacial score (nSPS) is 14.0. The lowest BCUT2D eigenvalue weighted by molar-refractivity contribution is 0.251. The van der Waals surface area contributed by atoms with Crippen LogP contribution < -0.4 is 15.5 Å². The predicted molar refractivity (Wildman–Crippen MR) is 122 cm³/mol. The van der Waals surface area contributed by atoms with Crippen LogP contribution in [0.2, 0.25) is 0 Å². The largest absolute Gasteiger partial charge is 0.369 e. The van der Waals surface area contributed by atoms with Gasteiger partial charge in [0.25, 0.3) is 0 Å². The molecule has 0 spiro atoms. The van der Waals surface area contributed by atoms with Crippen LogP contribution in [0, 0.1) is 5.82 Å². The SMILES string of the molecule is Cl.O=C(NCc1ccc(N2CCCCCC2)c(F)c1)Nc1cccc2cnccc12. The van der Waals surface area contributed by atoms with E-state index in [9.17, 15) is 9.18 Å². The molecule has 1 aliphatic rings. The number of hydrogen-bond donors (Lipinski definition) is 2. The Hall–Kier alpha value is -2.86. The first-order valence-corrected chi connectivity index (χ1v) is 10.1. The minimum Gasteiger partial charge on any atom is -0.369 e. The highest BCUT2D eigenvalue weighted by Crippen LogP contribution is 2.24. The van der Waals surface area contributed by atoms with Gasteiger partial charge in [-0.2, -0.15) is 0 Å². The van der Waals surface area contributed by atoms with Crippen LogP contribution >= 0.6 is 12.4 Å². The molecule has 5 nitrogen and oxygen atoms in total. The van der Waals surface area contributed by atoms with Gasteiger partial charge in [-0.05, 0) is 42.7 Å². The van der Waals surface area contributed by atoms with E-state index >= 15 is 0 Å². The van der Waals surface area contributed by atoms with Crippen LogP contribution in [0.25, 0.3) is 10.8 Å².